The molecule has 144 valence electrons. The second-order valence-corrected chi connectivity index (χ2v) is 8.43. The van der Waals surface area contributed by atoms with E-state index in [4.69, 9.17) is 0 Å². The van der Waals surface area contributed by atoms with Crippen molar-refractivity contribution in [3.8, 4) is 0 Å². The molecule has 4 rings (SSSR count). The number of anilines is 1. The molecular formula is C22H31N5. The van der Waals surface area contributed by atoms with Gasteiger partial charge in [-0.25, -0.2) is 9.97 Å². The lowest BCUT2D eigenvalue weighted by molar-refractivity contribution is 0.147. The topological polar surface area (TPSA) is 45.2 Å². The van der Waals surface area contributed by atoms with Gasteiger partial charge in [0.05, 0.1) is 0 Å². The first-order valence-corrected chi connectivity index (χ1v) is 10.4. The largest absolute Gasteiger partial charge is 0.356 e. The van der Waals surface area contributed by atoms with Crippen LogP contribution in [0.3, 0.4) is 0 Å². The molecule has 2 aliphatic heterocycles. The Hall–Kier alpha value is -2.01. The molecule has 1 unspecified atom stereocenters. The van der Waals surface area contributed by atoms with E-state index in [9.17, 15) is 0 Å². The van der Waals surface area contributed by atoms with Crippen molar-refractivity contribution in [1.82, 2.24) is 19.9 Å². The van der Waals surface area contributed by atoms with E-state index in [1.807, 2.05) is 24.7 Å². The molecule has 4 heterocycles. The lowest BCUT2D eigenvalue weighted by Gasteiger charge is -2.35. The monoisotopic (exact) mass is 365 g/mol. The summed E-state index contributed by atoms with van der Waals surface area (Å²) in [5.74, 6) is 3.29. The van der Waals surface area contributed by atoms with Gasteiger partial charge in [-0.2, -0.15) is 0 Å². The average Bonchev–Trinajstić information content (AvgIpc) is 3.19. The van der Waals surface area contributed by atoms with Crippen molar-refractivity contribution >= 4 is 5.82 Å². The average molecular weight is 366 g/mol. The van der Waals surface area contributed by atoms with Crippen LogP contribution in [-0.4, -0.2) is 46.0 Å². The molecule has 1 atom stereocenters. The van der Waals surface area contributed by atoms with Crippen molar-refractivity contribution in [3.63, 3.8) is 0 Å². The molecule has 0 N–H and O–H groups in total. The maximum absolute atomic E-state index is 4.62. The van der Waals surface area contributed by atoms with E-state index in [1.54, 1.807) is 6.33 Å². The van der Waals surface area contributed by atoms with E-state index in [-0.39, 0.29) is 0 Å². The quantitative estimate of drug-likeness (QED) is 0.808. The molecule has 2 saturated heterocycles. The van der Waals surface area contributed by atoms with E-state index in [0.717, 1.165) is 37.3 Å². The molecule has 5 heteroatoms. The second-order valence-electron chi connectivity index (χ2n) is 8.43. The first-order valence-electron chi connectivity index (χ1n) is 10.4. The Kier molecular flexibility index (Phi) is 5.67. The van der Waals surface area contributed by atoms with E-state index in [2.05, 4.69) is 44.7 Å². The minimum atomic E-state index is 0.468. The standard InChI is InChI=1S/C22H31N5/c1-17(2)21-13-24-16-25-22(21)27-11-7-20(15-27)19-5-9-26(10-6-19)14-18-4-3-8-23-12-18/h3-4,8,12-13,16-17,19-20H,5-7,9-11,14-15H2,1-2H3. The summed E-state index contributed by atoms with van der Waals surface area (Å²) in [6, 6.07) is 4.22. The highest BCUT2D eigenvalue weighted by Crippen LogP contribution is 2.35. The smallest absolute Gasteiger partial charge is 0.135 e. The Labute approximate surface area is 162 Å². The van der Waals surface area contributed by atoms with Gasteiger partial charge in [0.2, 0.25) is 0 Å². The molecule has 2 aromatic heterocycles. The molecule has 0 saturated carbocycles. The number of pyridine rings is 1. The van der Waals surface area contributed by atoms with Crippen LogP contribution in [0.1, 0.15) is 50.2 Å². The van der Waals surface area contributed by atoms with Crippen molar-refractivity contribution in [1.29, 1.82) is 0 Å². The lowest BCUT2D eigenvalue weighted by atomic mass is 9.83. The number of hydrogen-bond donors (Lipinski definition) is 0. The molecule has 0 aromatic carbocycles. The van der Waals surface area contributed by atoms with Crippen molar-refractivity contribution < 1.29 is 0 Å². The van der Waals surface area contributed by atoms with Crippen molar-refractivity contribution in [2.45, 2.75) is 45.6 Å². The maximum atomic E-state index is 4.62. The first kappa shape index (κ1) is 18.4. The SMILES string of the molecule is CC(C)c1cncnc1N1CCC(C2CCN(Cc3cccnc3)CC2)C1. The van der Waals surface area contributed by atoms with Gasteiger partial charge in [0.1, 0.15) is 12.1 Å². The number of hydrogen-bond acceptors (Lipinski definition) is 5. The van der Waals surface area contributed by atoms with Crippen LogP contribution in [0.4, 0.5) is 5.82 Å². The van der Waals surface area contributed by atoms with Crippen molar-refractivity contribution in [3.05, 3.63) is 48.2 Å². The van der Waals surface area contributed by atoms with Crippen LogP contribution in [0.2, 0.25) is 0 Å². The van der Waals surface area contributed by atoms with Crippen molar-refractivity contribution in [2.75, 3.05) is 31.1 Å². The zero-order chi connectivity index (χ0) is 18.6. The maximum Gasteiger partial charge on any atom is 0.135 e. The number of nitrogens with zero attached hydrogens (tertiary/aromatic N) is 5. The molecule has 5 nitrogen and oxygen atoms in total. The molecule has 27 heavy (non-hydrogen) atoms. The fourth-order valence-electron chi connectivity index (χ4n) is 4.70. The Morgan fingerprint density at radius 1 is 1.04 bits per heavy atom. The zero-order valence-electron chi connectivity index (χ0n) is 16.6. The summed E-state index contributed by atoms with van der Waals surface area (Å²) in [5, 5.41) is 0. The number of rotatable bonds is 5. The van der Waals surface area contributed by atoms with Crippen LogP contribution in [0, 0.1) is 11.8 Å². The van der Waals surface area contributed by atoms with Crippen LogP contribution < -0.4 is 4.90 Å². The zero-order valence-corrected chi connectivity index (χ0v) is 16.6. The first-order chi connectivity index (χ1) is 13.2. The Morgan fingerprint density at radius 3 is 2.59 bits per heavy atom. The summed E-state index contributed by atoms with van der Waals surface area (Å²) in [4.78, 5) is 18.2. The predicted octanol–water partition coefficient (Wildman–Crippen LogP) is 3.73. The van der Waals surface area contributed by atoms with Gasteiger partial charge in [-0.1, -0.05) is 19.9 Å². The molecular weight excluding hydrogens is 334 g/mol. The summed E-state index contributed by atoms with van der Waals surface area (Å²) in [6.07, 6.45) is 11.5. The van der Waals surface area contributed by atoms with Crippen LogP contribution in [0.5, 0.6) is 0 Å². The van der Waals surface area contributed by atoms with Gasteiger partial charge in [-0.3, -0.25) is 9.88 Å². The highest BCUT2D eigenvalue weighted by Gasteiger charge is 2.33. The minimum absolute atomic E-state index is 0.468. The number of aromatic nitrogens is 3. The lowest BCUT2D eigenvalue weighted by Crippen LogP contribution is -2.36. The third-order valence-corrected chi connectivity index (χ3v) is 6.29. The Balaban J connectivity index is 1.32. The van der Waals surface area contributed by atoms with Gasteiger partial charge < -0.3 is 4.90 Å². The van der Waals surface area contributed by atoms with E-state index in [1.165, 1.54) is 43.5 Å². The molecule has 0 amide bonds. The van der Waals surface area contributed by atoms with Gasteiger partial charge in [-0.15, -0.1) is 0 Å². The Morgan fingerprint density at radius 2 is 1.85 bits per heavy atom. The fourth-order valence-corrected chi connectivity index (χ4v) is 4.70. The number of piperidine rings is 1. The number of likely N-dealkylation sites (tertiary alicyclic amines) is 1. The van der Waals surface area contributed by atoms with Gasteiger partial charge in [0.15, 0.2) is 0 Å². The van der Waals surface area contributed by atoms with E-state index in [0.29, 0.717) is 5.92 Å². The molecule has 2 aliphatic rings. The summed E-state index contributed by atoms with van der Waals surface area (Å²) in [5.41, 5.74) is 2.61. The summed E-state index contributed by atoms with van der Waals surface area (Å²) < 4.78 is 0. The highest BCUT2D eigenvalue weighted by atomic mass is 15.2. The van der Waals surface area contributed by atoms with Gasteiger partial charge in [0, 0.05) is 43.8 Å². The molecule has 0 bridgehead atoms. The third kappa shape index (κ3) is 4.29. The summed E-state index contributed by atoms with van der Waals surface area (Å²) in [7, 11) is 0. The normalized spacial score (nSPS) is 21.9. The minimum Gasteiger partial charge on any atom is -0.356 e. The summed E-state index contributed by atoms with van der Waals surface area (Å²) >= 11 is 0. The second kappa shape index (κ2) is 8.34. The molecule has 0 spiro atoms. The van der Waals surface area contributed by atoms with Crippen LogP contribution in [0.15, 0.2) is 37.1 Å². The predicted molar refractivity (Wildman–Crippen MR) is 109 cm³/mol. The summed E-state index contributed by atoms with van der Waals surface area (Å²) in [6.45, 7) is 10.2. The Bertz CT molecular complexity index is 724. The fraction of sp³-hybridized carbons (Fsp3) is 0.591. The van der Waals surface area contributed by atoms with Crippen LogP contribution in [-0.2, 0) is 6.54 Å². The van der Waals surface area contributed by atoms with Crippen LogP contribution in [0.25, 0.3) is 0 Å². The van der Waals surface area contributed by atoms with Gasteiger partial charge in [-0.05, 0) is 61.7 Å². The molecule has 2 fully saturated rings. The van der Waals surface area contributed by atoms with Crippen LogP contribution >= 0.6 is 0 Å². The molecule has 0 aliphatic carbocycles. The highest BCUT2D eigenvalue weighted by molar-refractivity contribution is 5.48. The van der Waals surface area contributed by atoms with Gasteiger partial charge in [0.25, 0.3) is 0 Å². The molecule has 2 aromatic rings. The van der Waals surface area contributed by atoms with E-state index >= 15 is 0 Å². The molecule has 0 radical (unpaired) electrons. The van der Waals surface area contributed by atoms with Crippen molar-refractivity contribution in [2.24, 2.45) is 11.8 Å². The van der Waals surface area contributed by atoms with E-state index < -0.39 is 0 Å². The third-order valence-electron chi connectivity index (χ3n) is 6.29. The van der Waals surface area contributed by atoms with Gasteiger partial charge >= 0.3 is 0 Å².